The fraction of sp³-hybridized carbons (Fsp3) is 0.214. The second-order valence-corrected chi connectivity index (χ2v) is 4.64. The van der Waals surface area contributed by atoms with E-state index in [0.717, 1.165) is 12.1 Å². The minimum Gasteiger partial charge on any atom is -0.481 e. The van der Waals surface area contributed by atoms with E-state index in [2.05, 4.69) is 10.4 Å². The molecular formula is C14H12F3N3O3. The first-order valence-electron chi connectivity index (χ1n) is 6.49. The number of aromatic nitrogens is 2. The first-order chi connectivity index (χ1) is 10.8. The molecule has 1 amide bonds. The van der Waals surface area contributed by atoms with Crippen molar-refractivity contribution in [3.63, 3.8) is 0 Å². The number of anilines is 1. The van der Waals surface area contributed by atoms with E-state index < -0.39 is 23.6 Å². The van der Waals surface area contributed by atoms with Gasteiger partial charge >= 0.3 is 12.1 Å². The van der Waals surface area contributed by atoms with Crippen molar-refractivity contribution in [3.05, 3.63) is 47.8 Å². The number of aryl methyl sites for hydroxylation is 1. The van der Waals surface area contributed by atoms with Crippen LogP contribution in [0.1, 0.15) is 22.5 Å². The van der Waals surface area contributed by atoms with Crippen LogP contribution in [0.5, 0.6) is 0 Å². The molecule has 0 atom stereocenters. The molecule has 0 saturated carbocycles. The Balaban J connectivity index is 2.06. The van der Waals surface area contributed by atoms with Crippen LogP contribution in [0, 0.1) is 0 Å². The number of carbonyl (C=O) groups excluding carboxylic acids is 1. The van der Waals surface area contributed by atoms with Gasteiger partial charge < -0.3 is 10.4 Å². The van der Waals surface area contributed by atoms with Crippen LogP contribution < -0.4 is 5.32 Å². The van der Waals surface area contributed by atoms with Gasteiger partial charge in [0.2, 0.25) is 0 Å². The number of alkyl halides is 3. The Morgan fingerprint density at radius 3 is 2.65 bits per heavy atom. The van der Waals surface area contributed by atoms with Crippen molar-refractivity contribution in [2.24, 2.45) is 0 Å². The molecule has 6 nitrogen and oxygen atoms in total. The van der Waals surface area contributed by atoms with E-state index >= 15 is 0 Å². The van der Waals surface area contributed by atoms with E-state index in [1.165, 1.54) is 29.1 Å². The van der Waals surface area contributed by atoms with Gasteiger partial charge in [-0.05, 0) is 24.3 Å². The highest BCUT2D eigenvalue weighted by atomic mass is 19.4. The molecule has 0 unspecified atom stereocenters. The fourth-order valence-corrected chi connectivity index (χ4v) is 1.79. The predicted octanol–water partition coefficient (Wildman–Crippen LogP) is 2.63. The first kappa shape index (κ1) is 16.5. The lowest BCUT2D eigenvalue weighted by atomic mass is 10.2. The van der Waals surface area contributed by atoms with Crippen LogP contribution in [0.4, 0.5) is 18.9 Å². The molecule has 0 bridgehead atoms. The Bertz CT molecular complexity index is 725. The number of hydrogen-bond donors (Lipinski definition) is 2. The molecule has 0 fully saturated rings. The zero-order chi connectivity index (χ0) is 17.0. The van der Waals surface area contributed by atoms with Crippen LogP contribution in [0.3, 0.4) is 0 Å². The van der Waals surface area contributed by atoms with Crippen molar-refractivity contribution in [2.75, 3.05) is 5.32 Å². The summed E-state index contributed by atoms with van der Waals surface area (Å²) in [6.07, 6.45) is -3.24. The molecule has 2 rings (SSSR count). The average Bonchev–Trinajstić information content (AvgIpc) is 2.93. The lowest BCUT2D eigenvalue weighted by Gasteiger charge is -2.09. The number of carboxylic acid groups (broad SMARTS) is 1. The van der Waals surface area contributed by atoms with Gasteiger partial charge in [0.05, 0.1) is 18.5 Å². The van der Waals surface area contributed by atoms with Gasteiger partial charge in [-0.25, -0.2) is 0 Å². The molecule has 1 aromatic heterocycles. The number of halogens is 3. The number of hydrogen-bond acceptors (Lipinski definition) is 3. The molecular weight excluding hydrogens is 315 g/mol. The third-order valence-corrected chi connectivity index (χ3v) is 2.88. The Kier molecular flexibility index (Phi) is 4.68. The van der Waals surface area contributed by atoms with Gasteiger partial charge in [-0.3, -0.25) is 14.3 Å². The number of aliphatic carboxylic acids is 1. The summed E-state index contributed by atoms with van der Waals surface area (Å²) >= 11 is 0. The summed E-state index contributed by atoms with van der Waals surface area (Å²) in [5, 5.41) is 14.8. The molecule has 2 aromatic rings. The zero-order valence-electron chi connectivity index (χ0n) is 11.7. The van der Waals surface area contributed by atoms with Crippen LogP contribution >= 0.6 is 0 Å². The number of benzene rings is 1. The highest BCUT2D eigenvalue weighted by Gasteiger charge is 2.30. The van der Waals surface area contributed by atoms with Gasteiger partial charge in [0.25, 0.3) is 5.91 Å². The molecule has 0 aliphatic carbocycles. The Hall–Kier alpha value is -2.84. The summed E-state index contributed by atoms with van der Waals surface area (Å²) in [5.74, 6) is -1.69. The fourth-order valence-electron chi connectivity index (χ4n) is 1.79. The number of amides is 1. The molecule has 1 heterocycles. The maximum absolute atomic E-state index is 12.6. The smallest absolute Gasteiger partial charge is 0.416 e. The number of nitrogens with one attached hydrogen (secondary N) is 1. The summed E-state index contributed by atoms with van der Waals surface area (Å²) in [5.41, 5.74) is -0.903. The second-order valence-electron chi connectivity index (χ2n) is 4.64. The van der Waals surface area contributed by atoms with Crippen molar-refractivity contribution >= 4 is 17.6 Å². The maximum Gasteiger partial charge on any atom is 0.416 e. The quantitative estimate of drug-likeness (QED) is 0.884. The minimum atomic E-state index is -4.50. The molecule has 0 aliphatic rings. The maximum atomic E-state index is 12.6. The Morgan fingerprint density at radius 1 is 1.26 bits per heavy atom. The SMILES string of the molecule is O=C(O)CCn1ccc(C(=O)Nc2cccc(C(F)(F)F)c2)n1. The van der Waals surface area contributed by atoms with E-state index in [-0.39, 0.29) is 24.3 Å². The molecule has 0 radical (unpaired) electrons. The van der Waals surface area contributed by atoms with E-state index in [1.54, 1.807) is 0 Å². The van der Waals surface area contributed by atoms with Crippen LogP contribution in [0.15, 0.2) is 36.5 Å². The van der Waals surface area contributed by atoms with Crippen LogP contribution in [-0.2, 0) is 17.5 Å². The van der Waals surface area contributed by atoms with Crippen LogP contribution in [-0.4, -0.2) is 26.8 Å². The highest BCUT2D eigenvalue weighted by molar-refractivity contribution is 6.02. The van der Waals surface area contributed by atoms with E-state index in [1.807, 2.05) is 0 Å². The molecule has 2 N–H and O–H groups in total. The lowest BCUT2D eigenvalue weighted by molar-refractivity contribution is -0.138. The average molecular weight is 327 g/mol. The summed E-state index contributed by atoms with van der Waals surface area (Å²) < 4.78 is 39.1. The van der Waals surface area contributed by atoms with E-state index in [9.17, 15) is 22.8 Å². The van der Waals surface area contributed by atoms with Gasteiger partial charge in [0, 0.05) is 11.9 Å². The molecule has 9 heteroatoms. The van der Waals surface area contributed by atoms with Crippen molar-refractivity contribution in [3.8, 4) is 0 Å². The first-order valence-corrected chi connectivity index (χ1v) is 6.49. The molecule has 122 valence electrons. The van der Waals surface area contributed by atoms with Gasteiger partial charge in [0.15, 0.2) is 5.69 Å². The van der Waals surface area contributed by atoms with Crippen LogP contribution in [0.2, 0.25) is 0 Å². The van der Waals surface area contributed by atoms with Gasteiger partial charge in [-0.2, -0.15) is 18.3 Å². The predicted molar refractivity (Wildman–Crippen MR) is 73.9 cm³/mol. The van der Waals surface area contributed by atoms with Crippen molar-refractivity contribution < 1.29 is 27.9 Å². The van der Waals surface area contributed by atoms with Crippen molar-refractivity contribution in [2.45, 2.75) is 19.1 Å². The van der Waals surface area contributed by atoms with Gasteiger partial charge in [-0.1, -0.05) is 6.07 Å². The largest absolute Gasteiger partial charge is 0.481 e. The molecule has 0 spiro atoms. The topological polar surface area (TPSA) is 84.2 Å². The monoisotopic (exact) mass is 327 g/mol. The normalized spacial score (nSPS) is 11.3. The summed E-state index contributed by atoms with van der Waals surface area (Å²) in [7, 11) is 0. The van der Waals surface area contributed by atoms with Gasteiger partial charge in [0.1, 0.15) is 0 Å². The van der Waals surface area contributed by atoms with E-state index in [4.69, 9.17) is 5.11 Å². The molecule has 0 aliphatic heterocycles. The number of nitrogens with zero attached hydrogens (tertiary/aromatic N) is 2. The molecule has 23 heavy (non-hydrogen) atoms. The van der Waals surface area contributed by atoms with E-state index in [0.29, 0.717) is 0 Å². The summed E-state index contributed by atoms with van der Waals surface area (Å²) in [4.78, 5) is 22.4. The third kappa shape index (κ3) is 4.56. The number of carbonyl (C=O) groups is 2. The Morgan fingerprint density at radius 2 is 2.00 bits per heavy atom. The third-order valence-electron chi connectivity index (χ3n) is 2.88. The molecule has 1 aromatic carbocycles. The van der Waals surface area contributed by atoms with Gasteiger partial charge in [-0.15, -0.1) is 0 Å². The standard InChI is InChI=1S/C14H12F3N3O3/c15-14(16,17)9-2-1-3-10(8-9)18-13(23)11-4-6-20(19-11)7-5-12(21)22/h1-4,6,8H,5,7H2,(H,18,23)(H,21,22). The Labute approximate surface area is 128 Å². The summed E-state index contributed by atoms with van der Waals surface area (Å²) in [6, 6.07) is 5.58. The van der Waals surface area contributed by atoms with Crippen molar-refractivity contribution in [1.29, 1.82) is 0 Å². The number of rotatable bonds is 5. The summed E-state index contributed by atoms with van der Waals surface area (Å²) in [6.45, 7) is 0.0895. The van der Waals surface area contributed by atoms with Crippen molar-refractivity contribution in [1.82, 2.24) is 9.78 Å². The van der Waals surface area contributed by atoms with Crippen LogP contribution in [0.25, 0.3) is 0 Å². The minimum absolute atomic E-state index is 0.00934. The number of carboxylic acids is 1. The molecule has 0 saturated heterocycles. The lowest BCUT2D eigenvalue weighted by Crippen LogP contribution is -2.14. The zero-order valence-corrected chi connectivity index (χ0v) is 11.7. The highest BCUT2D eigenvalue weighted by Crippen LogP contribution is 2.30. The second kappa shape index (κ2) is 6.51.